The van der Waals surface area contributed by atoms with Crippen molar-refractivity contribution in [2.75, 3.05) is 33.4 Å². The Bertz CT molecular complexity index is 428. The van der Waals surface area contributed by atoms with Crippen molar-refractivity contribution in [3.63, 3.8) is 0 Å². The van der Waals surface area contributed by atoms with Gasteiger partial charge < -0.3 is 19.5 Å². The Morgan fingerprint density at radius 2 is 1.90 bits per heavy atom. The zero-order valence-electron chi connectivity index (χ0n) is 13.3. The second-order valence-corrected chi connectivity index (χ2v) is 6.31. The lowest BCUT2D eigenvalue weighted by Crippen LogP contribution is -2.43. The maximum Gasteiger partial charge on any atom is 0.123 e. The molecule has 4 heteroatoms. The summed E-state index contributed by atoms with van der Waals surface area (Å²) in [5.41, 5.74) is 0. The molecule has 0 aromatic heterocycles. The van der Waals surface area contributed by atoms with Crippen LogP contribution in [-0.4, -0.2) is 49.5 Å². The van der Waals surface area contributed by atoms with Gasteiger partial charge in [-0.3, -0.25) is 0 Å². The second kappa shape index (κ2) is 7.66. The number of methoxy groups -OCH3 is 1. The number of aliphatic hydroxyl groups is 1. The first-order valence-electron chi connectivity index (χ1n) is 7.74. The summed E-state index contributed by atoms with van der Waals surface area (Å²) in [6.07, 6.45) is 0.820. The Hall–Kier alpha value is -1.26. The van der Waals surface area contributed by atoms with E-state index in [1.807, 2.05) is 24.3 Å². The average Bonchev–Trinajstić information content (AvgIpc) is 2.44. The fourth-order valence-corrected chi connectivity index (χ4v) is 3.18. The maximum atomic E-state index is 10.2. The van der Waals surface area contributed by atoms with Gasteiger partial charge in [0.1, 0.15) is 24.2 Å². The van der Waals surface area contributed by atoms with Crippen LogP contribution in [0, 0.1) is 11.8 Å². The lowest BCUT2D eigenvalue weighted by Gasteiger charge is -2.35. The zero-order chi connectivity index (χ0) is 15.2. The van der Waals surface area contributed by atoms with E-state index in [1.165, 1.54) is 6.42 Å². The lowest BCUT2D eigenvalue weighted by molar-refractivity contribution is 0.0428. The Labute approximate surface area is 127 Å². The van der Waals surface area contributed by atoms with Gasteiger partial charge in [0.25, 0.3) is 0 Å². The van der Waals surface area contributed by atoms with Gasteiger partial charge in [0.05, 0.1) is 7.11 Å². The summed E-state index contributed by atoms with van der Waals surface area (Å²) < 4.78 is 10.8. The minimum Gasteiger partial charge on any atom is -0.497 e. The van der Waals surface area contributed by atoms with Gasteiger partial charge in [0, 0.05) is 25.7 Å². The molecule has 0 spiro atoms. The molecule has 0 bridgehead atoms. The van der Waals surface area contributed by atoms with Gasteiger partial charge >= 0.3 is 0 Å². The number of benzene rings is 1. The van der Waals surface area contributed by atoms with Crippen molar-refractivity contribution >= 4 is 0 Å². The van der Waals surface area contributed by atoms with Crippen LogP contribution in [0.5, 0.6) is 11.5 Å². The van der Waals surface area contributed by atoms with Crippen molar-refractivity contribution in [2.24, 2.45) is 11.8 Å². The number of hydrogen-bond donors (Lipinski definition) is 1. The largest absolute Gasteiger partial charge is 0.497 e. The topological polar surface area (TPSA) is 41.9 Å². The van der Waals surface area contributed by atoms with Crippen LogP contribution in [0.4, 0.5) is 0 Å². The third-order valence-electron chi connectivity index (χ3n) is 3.90. The predicted molar refractivity (Wildman–Crippen MR) is 83.9 cm³/mol. The van der Waals surface area contributed by atoms with E-state index in [0.717, 1.165) is 24.6 Å². The van der Waals surface area contributed by atoms with Crippen molar-refractivity contribution in [2.45, 2.75) is 26.4 Å². The van der Waals surface area contributed by atoms with Gasteiger partial charge in [-0.1, -0.05) is 19.9 Å². The fourth-order valence-electron chi connectivity index (χ4n) is 3.18. The molecule has 0 radical (unpaired) electrons. The summed E-state index contributed by atoms with van der Waals surface area (Å²) in [6, 6.07) is 7.46. The van der Waals surface area contributed by atoms with E-state index in [-0.39, 0.29) is 0 Å². The summed E-state index contributed by atoms with van der Waals surface area (Å²) in [4.78, 5) is 2.35. The molecule has 1 aromatic carbocycles. The molecule has 1 aromatic rings. The lowest BCUT2D eigenvalue weighted by atomic mass is 9.92. The Morgan fingerprint density at radius 1 is 1.24 bits per heavy atom. The van der Waals surface area contributed by atoms with Crippen LogP contribution < -0.4 is 9.47 Å². The van der Waals surface area contributed by atoms with Crippen LogP contribution in [0.1, 0.15) is 20.3 Å². The average molecular weight is 293 g/mol. The quantitative estimate of drug-likeness (QED) is 0.874. The van der Waals surface area contributed by atoms with Crippen molar-refractivity contribution in [1.82, 2.24) is 4.90 Å². The smallest absolute Gasteiger partial charge is 0.123 e. The zero-order valence-corrected chi connectivity index (χ0v) is 13.3. The molecule has 0 unspecified atom stereocenters. The third-order valence-corrected chi connectivity index (χ3v) is 3.90. The van der Waals surface area contributed by atoms with E-state index in [9.17, 15) is 5.11 Å². The van der Waals surface area contributed by atoms with Gasteiger partial charge in [0.15, 0.2) is 0 Å². The van der Waals surface area contributed by atoms with Crippen LogP contribution in [0.3, 0.4) is 0 Å². The molecule has 3 atom stereocenters. The summed E-state index contributed by atoms with van der Waals surface area (Å²) in [6.45, 7) is 7.69. The van der Waals surface area contributed by atoms with Gasteiger partial charge in [-0.2, -0.15) is 0 Å². The molecule has 1 aliphatic heterocycles. The normalized spacial score (nSPS) is 24.6. The standard InChI is InChI=1S/C17H27NO3/c1-13-7-14(2)10-18(9-13)11-15(19)12-21-17-6-4-5-16(8-17)20-3/h4-6,8,13-15,19H,7,9-12H2,1-3H3/t13-,14+,15-/m1/s1. The van der Waals surface area contributed by atoms with Crippen molar-refractivity contribution in [3.8, 4) is 11.5 Å². The minimum absolute atomic E-state index is 0.312. The molecule has 118 valence electrons. The molecule has 1 fully saturated rings. The molecule has 0 saturated carbocycles. The van der Waals surface area contributed by atoms with Gasteiger partial charge in [0.2, 0.25) is 0 Å². The van der Waals surface area contributed by atoms with Crippen molar-refractivity contribution in [1.29, 1.82) is 0 Å². The molecule has 1 aliphatic rings. The molecule has 0 aliphatic carbocycles. The van der Waals surface area contributed by atoms with Crippen LogP contribution in [0.25, 0.3) is 0 Å². The van der Waals surface area contributed by atoms with E-state index in [2.05, 4.69) is 18.7 Å². The summed E-state index contributed by atoms with van der Waals surface area (Å²) in [5.74, 6) is 2.91. The highest BCUT2D eigenvalue weighted by atomic mass is 16.5. The number of rotatable bonds is 6. The van der Waals surface area contributed by atoms with E-state index >= 15 is 0 Å². The molecular formula is C17H27NO3. The molecule has 4 nitrogen and oxygen atoms in total. The number of β-amino-alcohol motifs (C(OH)–C–C–N with tert-alkyl or cyclic N) is 1. The molecule has 0 amide bonds. The van der Waals surface area contributed by atoms with Crippen LogP contribution in [0.2, 0.25) is 0 Å². The number of ether oxygens (including phenoxy) is 2. The van der Waals surface area contributed by atoms with Crippen molar-refractivity contribution in [3.05, 3.63) is 24.3 Å². The first-order chi connectivity index (χ1) is 10.1. The molecule has 1 N–H and O–H groups in total. The summed E-state index contributed by atoms with van der Waals surface area (Å²) >= 11 is 0. The molecule has 1 heterocycles. The first kappa shape index (κ1) is 16.1. The van der Waals surface area contributed by atoms with Gasteiger partial charge in [-0.15, -0.1) is 0 Å². The predicted octanol–water partition coefficient (Wildman–Crippen LogP) is 2.41. The fraction of sp³-hybridized carbons (Fsp3) is 0.647. The minimum atomic E-state index is -0.464. The summed E-state index contributed by atoms with van der Waals surface area (Å²) in [5, 5.41) is 10.2. The number of nitrogens with zero attached hydrogens (tertiary/aromatic N) is 1. The van der Waals surface area contributed by atoms with Gasteiger partial charge in [-0.05, 0) is 30.4 Å². The molecular weight excluding hydrogens is 266 g/mol. The first-order valence-corrected chi connectivity index (χ1v) is 7.74. The summed E-state index contributed by atoms with van der Waals surface area (Å²) in [7, 11) is 1.63. The van der Waals surface area contributed by atoms with E-state index < -0.39 is 6.10 Å². The molecule has 1 saturated heterocycles. The molecule has 2 rings (SSSR count). The number of likely N-dealkylation sites (tertiary alicyclic amines) is 1. The number of piperidine rings is 1. The highest BCUT2D eigenvalue weighted by Crippen LogP contribution is 2.21. The third kappa shape index (κ3) is 5.21. The highest BCUT2D eigenvalue weighted by Gasteiger charge is 2.23. The Kier molecular flexibility index (Phi) is 5.88. The van der Waals surface area contributed by atoms with E-state index in [0.29, 0.717) is 25.0 Å². The molecule has 21 heavy (non-hydrogen) atoms. The maximum absolute atomic E-state index is 10.2. The number of aliphatic hydroxyl groups excluding tert-OH is 1. The van der Waals surface area contributed by atoms with Crippen molar-refractivity contribution < 1.29 is 14.6 Å². The monoisotopic (exact) mass is 293 g/mol. The Balaban J connectivity index is 1.77. The Morgan fingerprint density at radius 3 is 2.57 bits per heavy atom. The van der Waals surface area contributed by atoms with Gasteiger partial charge in [-0.25, -0.2) is 0 Å². The van der Waals surface area contributed by atoms with E-state index in [4.69, 9.17) is 9.47 Å². The second-order valence-electron chi connectivity index (χ2n) is 6.31. The number of hydrogen-bond acceptors (Lipinski definition) is 4. The highest BCUT2D eigenvalue weighted by molar-refractivity contribution is 5.32. The van der Waals surface area contributed by atoms with Crippen LogP contribution >= 0.6 is 0 Å². The van der Waals surface area contributed by atoms with Crippen LogP contribution in [-0.2, 0) is 0 Å². The van der Waals surface area contributed by atoms with Crippen LogP contribution in [0.15, 0.2) is 24.3 Å². The SMILES string of the molecule is COc1cccc(OC[C@H](O)CN2C[C@H](C)C[C@H](C)C2)c1. The van der Waals surface area contributed by atoms with E-state index in [1.54, 1.807) is 7.11 Å².